The van der Waals surface area contributed by atoms with Crippen LogP contribution in [0.3, 0.4) is 0 Å². The summed E-state index contributed by atoms with van der Waals surface area (Å²) in [5, 5.41) is 3.56. The number of fused-ring (bicyclic) bond motifs is 1. The van der Waals surface area contributed by atoms with E-state index in [0.29, 0.717) is 21.6 Å². The second kappa shape index (κ2) is 7.01. The molecular formula is C19H12BrFN2O2S. The van der Waals surface area contributed by atoms with Gasteiger partial charge in [0.25, 0.3) is 5.91 Å². The average Bonchev–Trinajstić information content (AvgIpc) is 3.26. The van der Waals surface area contributed by atoms with Gasteiger partial charge in [0.2, 0.25) is 0 Å². The summed E-state index contributed by atoms with van der Waals surface area (Å²) in [5.41, 5.74) is 1.30. The fraction of sp³-hybridized carbons (Fsp3) is 0.0526. The van der Waals surface area contributed by atoms with E-state index in [0.717, 1.165) is 15.2 Å². The third-order valence-electron chi connectivity index (χ3n) is 3.77. The summed E-state index contributed by atoms with van der Waals surface area (Å²) in [6, 6.07) is 15.5. The van der Waals surface area contributed by atoms with Crippen LogP contribution in [0.1, 0.15) is 16.1 Å². The Balaban J connectivity index is 1.47. The van der Waals surface area contributed by atoms with E-state index in [-0.39, 0.29) is 12.5 Å². The molecule has 0 unspecified atom stereocenters. The lowest BCUT2D eigenvalue weighted by Crippen LogP contribution is -2.22. The zero-order valence-corrected chi connectivity index (χ0v) is 15.7. The second-order valence-electron chi connectivity index (χ2n) is 5.56. The highest BCUT2D eigenvalue weighted by atomic mass is 79.9. The van der Waals surface area contributed by atoms with Crippen LogP contribution in [0.2, 0.25) is 0 Å². The first-order valence-electron chi connectivity index (χ1n) is 7.78. The Morgan fingerprint density at radius 2 is 2.04 bits per heavy atom. The van der Waals surface area contributed by atoms with Crippen LogP contribution in [-0.2, 0) is 6.54 Å². The lowest BCUT2D eigenvalue weighted by atomic mass is 10.2. The topological polar surface area (TPSA) is 55.1 Å². The number of rotatable bonds is 4. The summed E-state index contributed by atoms with van der Waals surface area (Å²) in [6.07, 6.45) is 0. The van der Waals surface area contributed by atoms with Crippen LogP contribution in [0, 0.1) is 5.82 Å². The first kappa shape index (κ1) is 16.9. The minimum atomic E-state index is -0.403. The van der Waals surface area contributed by atoms with E-state index in [1.165, 1.54) is 18.2 Å². The van der Waals surface area contributed by atoms with E-state index in [4.69, 9.17) is 4.42 Å². The Morgan fingerprint density at radius 3 is 2.85 bits per heavy atom. The van der Waals surface area contributed by atoms with Crippen molar-refractivity contribution >= 4 is 43.4 Å². The van der Waals surface area contributed by atoms with Crippen molar-refractivity contribution in [3.63, 3.8) is 0 Å². The molecule has 4 nitrogen and oxygen atoms in total. The van der Waals surface area contributed by atoms with Gasteiger partial charge in [0.1, 0.15) is 11.6 Å². The number of carbonyl (C=O) groups excluding carboxylic acids is 1. The Morgan fingerprint density at radius 1 is 1.19 bits per heavy atom. The smallest absolute Gasteiger partial charge is 0.252 e. The molecule has 0 saturated heterocycles. The van der Waals surface area contributed by atoms with Gasteiger partial charge in [-0.25, -0.2) is 9.37 Å². The van der Waals surface area contributed by atoms with Crippen molar-refractivity contribution in [1.82, 2.24) is 10.3 Å². The van der Waals surface area contributed by atoms with Gasteiger partial charge in [0.15, 0.2) is 10.8 Å². The fourth-order valence-electron chi connectivity index (χ4n) is 2.50. The number of aromatic nitrogens is 1. The van der Waals surface area contributed by atoms with Gasteiger partial charge in [-0.05, 0) is 58.4 Å². The highest BCUT2D eigenvalue weighted by Crippen LogP contribution is 2.31. The molecule has 2 aromatic carbocycles. The summed E-state index contributed by atoms with van der Waals surface area (Å²) in [5.74, 6) is 0.569. The van der Waals surface area contributed by atoms with Crippen LogP contribution >= 0.6 is 27.3 Å². The maximum atomic E-state index is 13.1. The molecule has 0 atom stereocenters. The Labute approximate surface area is 160 Å². The molecule has 1 amide bonds. The number of amides is 1. The number of para-hydroxylation sites is 1. The van der Waals surface area contributed by atoms with Crippen molar-refractivity contribution < 1.29 is 13.6 Å². The van der Waals surface area contributed by atoms with Crippen LogP contribution < -0.4 is 5.32 Å². The first-order valence-corrected chi connectivity index (χ1v) is 9.39. The molecule has 2 heterocycles. The fourth-order valence-corrected chi connectivity index (χ4v) is 3.96. The van der Waals surface area contributed by atoms with Crippen molar-refractivity contribution in [3.05, 3.63) is 76.2 Å². The molecule has 0 aliphatic heterocycles. The van der Waals surface area contributed by atoms with Crippen LogP contribution in [0.5, 0.6) is 0 Å². The van der Waals surface area contributed by atoms with Crippen molar-refractivity contribution in [2.45, 2.75) is 6.54 Å². The molecule has 4 aromatic rings. The van der Waals surface area contributed by atoms with E-state index in [2.05, 4.69) is 26.2 Å². The quantitative estimate of drug-likeness (QED) is 0.472. The number of thiazole rings is 1. The summed E-state index contributed by atoms with van der Waals surface area (Å²) in [6.45, 7) is 0.230. The molecule has 0 aliphatic rings. The van der Waals surface area contributed by atoms with Crippen LogP contribution in [-0.4, -0.2) is 10.9 Å². The molecule has 0 fully saturated rings. The highest BCUT2D eigenvalue weighted by molar-refractivity contribution is 9.10. The van der Waals surface area contributed by atoms with Gasteiger partial charge in [0.05, 0.1) is 22.3 Å². The number of carbonyl (C=O) groups is 1. The third kappa shape index (κ3) is 3.40. The summed E-state index contributed by atoms with van der Waals surface area (Å²) in [4.78, 5) is 16.8. The summed E-state index contributed by atoms with van der Waals surface area (Å²) in [7, 11) is 0. The first-order chi connectivity index (χ1) is 12.6. The molecule has 7 heteroatoms. The number of nitrogens with one attached hydrogen (secondary N) is 1. The average molecular weight is 431 g/mol. The van der Waals surface area contributed by atoms with Crippen molar-refractivity contribution in [2.24, 2.45) is 0 Å². The van der Waals surface area contributed by atoms with Gasteiger partial charge >= 0.3 is 0 Å². The van der Waals surface area contributed by atoms with Crippen molar-refractivity contribution in [1.29, 1.82) is 0 Å². The minimum Gasteiger partial charge on any atom is -0.457 e. The number of nitrogens with zero attached hydrogens (tertiary/aromatic N) is 1. The number of hydrogen-bond acceptors (Lipinski definition) is 4. The SMILES string of the molecule is O=C(NCc1ccc(-c2nc3ccccc3s2)o1)c1ccc(F)cc1Br. The zero-order valence-electron chi connectivity index (χ0n) is 13.3. The normalized spacial score (nSPS) is 11.0. The van der Waals surface area contributed by atoms with Gasteiger partial charge in [-0.15, -0.1) is 11.3 Å². The predicted molar refractivity (Wildman–Crippen MR) is 103 cm³/mol. The van der Waals surface area contributed by atoms with Gasteiger partial charge in [-0.1, -0.05) is 12.1 Å². The third-order valence-corrected chi connectivity index (χ3v) is 5.47. The molecule has 4 rings (SSSR count). The molecule has 2 aromatic heterocycles. The number of halogens is 2. The van der Waals surface area contributed by atoms with Gasteiger partial charge in [0, 0.05) is 4.47 Å². The maximum absolute atomic E-state index is 13.1. The van der Waals surface area contributed by atoms with E-state index >= 15 is 0 Å². The van der Waals surface area contributed by atoms with Gasteiger partial charge in [-0.3, -0.25) is 4.79 Å². The lowest BCUT2D eigenvalue weighted by molar-refractivity contribution is 0.0947. The Bertz CT molecular complexity index is 1070. The van der Waals surface area contributed by atoms with Crippen molar-refractivity contribution in [2.75, 3.05) is 0 Å². The molecule has 0 spiro atoms. The summed E-state index contributed by atoms with van der Waals surface area (Å²) >= 11 is 4.75. The largest absolute Gasteiger partial charge is 0.457 e. The Hall–Kier alpha value is -2.51. The van der Waals surface area contributed by atoms with Gasteiger partial charge in [-0.2, -0.15) is 0 Å². The minimum absolute atomic E-state index is 0.230. The van der Waals surface area contributed by atoms with Crippen molar-refractivity contribution in [3.8, 4) is 10.8 Å². The standard InChI is InChI=1S/C19H12BrFN2O2S/c20-14-9-11(21)5-7-13(14)18(24)22-10-12-6-8-16(25-12)19-23-15-3-1-2-4-17(15)26-19/h1-9H,10H2,(H,22,24). The van der Waals surface area contributed by atoms with Crippen LogP contribution in [0.15, 0.2) is 63.5 Å². The number of hydrogen-bond donors (Lipinski definition) is 1. The monoisotopic (exact) mass is 430 g/mol. The molecule has 1 N–H and O–H groups in total. The molecule has 26 heavy (non-hydrogen) atoms. The zero-order chi connectivity index (χ0) is 18.1. The van der Waals surface area contributed by atoms with E-state index < -0.39 is 5.82 Å². The van der Waals surface area contributed by atoms with Crippen LogP contribution in [0.4, 0.5) is 4.39 Å². The van der Waals surface area contributed by atoms with Crippen LogP contribution in [0.25, 0.3) is 21.0 Å². The molecule has 0 bridgehead atoms. The van der Waals surface area contributed by atoms with E-state index in [9.17, 15) is 9.18 Å². The molecule has 0 aliphatic carbocycles. The number of furan rings is 1. The summed E-state index contributed by atoms with van der Waals surface area (Å²) < 4.78 is 20.4. The molecule has 130 valence electrons. The number of benzene rings is 2. The highest BCUT2D eigenvalue weighted by Gasteiger charge is 2.13. The maximum Gasteiger partial charge on any atom is 0.252 e. The van der Waals surface area contributed by atoms with E-state index in [1.807, 2.05) is 30.3 Å². The van der Waals surface area contributed by atoms with E-state index in [1.54, 1.807) is 17.4 Å². The van der Waals surface area contributed by atoms with Gasteiger partial charge < -0.3 is 9.73 Å². The molecular weight excluding hydrogens is 419 g/mol. The molecule has 0 saturated carbocycles. The second-order valence-corrected chi connectivity index (χ2v) is 7.44. The molecule has 0 radical (unpaired) electrons. The predicted octanol–water partition coefficient (Wildman–Crippen LogP) is 5.39. The lowest BCUT2D eigenvalue weighted by Gasteiger charge is -2.05. The Kier molecular flexibility index (Phi) is 4.57.